The molecule has 1 saturated heterocycles. The molecule has 2 aliphatic rings. The van der Waals surface area contributed by atoms with Crippen LogP contribution in [0.4, 0.5) is 5.95 Å². The first kappa shape index (κ1) is 11.9. The predicted octanol–water partition coefficient (Wildman–Crippen LogP) is 2.09. The highest BCUT2D eigenvalue weighted by molar-refractivity contribution is 5.33. The molecular weight excluding hydrogens is 224 g/mol. The van der Waals surface area contributed by atoms with Crippen molar-refractivity contribution in [2.24, 2.45) is 11.7 Å². The van der Waals surface area contributed by atoms with Crippen molar-refractivity contribution in [3.8, 4) is 0 Å². The quantitative estimate of drug-likeness (QED) is 0.868. The van der Waals surface area contributed by atoms with Gasteiger partial charge >= 0.3 is 0 Å². The largest absolute Gasteiger partial charge is 0.338 e. The highest BCUT2D eigenvalue weighted by atomic mass is 15.3. The van der Waals surface area contributed by atoms with Crippen LogP contribution in [0.1, 0.15) is 44.2 Å². The van der Waals surface area contributed by atoms with Gasteiger partial charge in [0.1, 0.15) is 0 Å². The molecule has 4 heteroatoms. The van der Waals surface area contributed by atoms with Crippen molar-refractivity contribution in [3.63, 3.8) is 0 Å². The minimum absolute atomic E-state index is 0.497. The van der Waals surface area contributed by atoms with E-state index in [4.69, 9.17) is 5.73 Å². The number of nitrogens with two attached hydrogens (primary N) is 1. The summed E-state index contributed by atoms with van der Waals surface area (Å²) in [6.07, 6.45) is 9.96. The van der Waals surface area contributed by atoms with Gasteiger partial charge in [0.2, 0.25) is 5.95 Å². The summed E-state index contributed by atoms with van der Waals surface area (Å²) >= 11 is 0. The summed E-state index contributed by atoms with van der Waals surface area (Å²) in [4.78, 5) is 11.5. The first-order valence-corrected chi connectivity index (χ1v) is 7.17. The van der Waals surface area contributed by atoms with Crippen molar-refractivity contribution in [1.29, 1.82) is 0 Å². The summed E-state index contributed by atoms with van der Waals surface area (Å²) in [5, 5.41) is 0. The third-order valence-electron chi connectivity index (χ3n) is 4.41. The molecule has 1 saturated carbocycles. The van der Waals surface area contributed by atoms with E-state index in [2.05, 4.69) is 14.9 Å². The van der Waals surface area contributed by atoms with Gasteiger partial charge in [0.15, 0.2) is 0 Å². The fourth-order valence-electron chi connectivity index (χ4n) is 3.51. The average molecular weight is 246 g/mol. The van der Waals surface area contributed by atoms with Crippen LogP contribution in [0.15, 0.2) is 12.3 Å². The first-order chi connectivity index (χ1) is 8.88. The molecule has 0 radical (unpaired) electrons. The van der Waals surface area contributed by atoms with Crippen LogP contribution in [0.3, 0.4) is 0 Å². The second kappa shape index (κ2) is 5.22. The van der Waals surface area contributed by atoms with Gasteiger partial charge in [0, 0.05) is 25.3 Å². The molecule has 0 spiro atoms. The van der Waals surface area contributed by atoms with E-state index in [9.17, 15) is 0 Å². The van der Waals surface area contributed by atoms with Gasteiger partial charge in [-0.3, -0.25) is 0 Å². The summed E-state index contributed by atoms with van der Waals surface area (Å²) < 4.78 is 0. The Morgan fingerprint density at radius 3 is 2.94 bits per heavy atom. The van der Waals surface area contributed by atoms with E-state index in [1.165, 1.54) is 38.5 Å². The zero-order valence-corrected chi connectivity index (χ0v) is 10.9. The fourth-order valence-corrected chi connectivity index (χ4v) is 3.51. The number of hydrogen-bond acceptors (Lipinski definition) is 4. The Bertz CT molecular complexity index is 405. The monoisotopic (exact) mass is 246 g/mol. The smallest absolute Gasteiger partial charge is 0.225 e. The zero-order chi connectivity index (χ0) is 12.4. The van der Waals surface area contributed by atoms with E-state index in [1.807, 2.05) is 12.3 Å². The van der Waals surface area contributed by atoms with Crippen LogP contribution in [0.5, 0.6) is 0 Å². The molecule has 1 aliphatic carbocycles. The average Bonchev–Trinajstić information content (AvgIpc) is 2.47. The highest BCUT2D eigenvalue weighted by Gasteiger charge is 2.34. The topological polar surface area (TPSA) is 55.0 Å². The van der Waals surface area contributed by atoms with Gasteiger partial charge in [0.25, 0.3) is 0 Å². The van der Waals surface area contributed by atoms with E-state index in [0.29, 0.717) is 12.6 Å². The van der Waals surface area contributed by atoms with Gasteiger partial charge in [-0.05, 0) is 37.7 Å². The molecule has 1 aromatic rings. The highest BCUT2D eigenvalue weighted by Crippen LogP contribution is 2.36. The van der Waals surface area contributed by atoms with Gasteiger partial charge in [0.05, 0.1) is 5.69 Å². The molecule has 2 atom stereocenters. The van der Waals surface area contributed by atoms with Gasteiger partial charge in [-0.2, -0.15) is 0 Å². The van der Waals surface area contributed by atoms with Crippen molar-refractivity contribution in [1.82, 2.24) is 9.97 Å². The Morgan fingerprint density at radius 1 is 1.22 bits per heavy atom. The molecule has 3 rings (SSSR count). The SMILES string of the molecule is NCc1ccnc(N2CCC[C@H]3CCCC[C@H]32)n1. The van der Waals surface area contributed by atoms with Crippen LogP contribution in [0.25, 0.3) is 0 Å². The van der Waals surface area contributed by atoms with Crippen LogP contribution in [0, 0.1) is 5.92 Å². The van der Waals surface area contributed by atoms with Crippen molar-refractivity contribution < 1.29 is 0 Å². The lowest BCUT2D eigenvalue weighted by molar-refractivity contribution is 0.241. The number of nitrogens with zero attached hydrogens (tertiary/aromatic N) is 3. The molecule has 0 amide bonds. The summed E-state index contributed by atoms with van der Waals surface area (Å²) in [6.45, 7) is 1.60. The summed E-state index contributed by atoms with van der Waals surface area (Å²) in [5.74, 6) is 1.76. The Morgan fingerprint density at radius 2 is 2.06 bits per heavy atom. The van der Waals surface area contributed by atoms with Crippen molar-refractivity contribution in [2.45, 2.75) is 51.1 Å². The maximum absolute atomic E-state index is 5.67. The molecule has 4 nitrogen and oxygen atoms in total. The number of fused-ring (bicyclic) bond motifs is 1. The third kappa shape index (κ3) is 2.21. The maximum atomic E-state index is 5.67. The summed E-state index contributed by atoms with van der Waals surface area (Å²) in [7, 11) is 0. The first-order valence-electron chi connectivity index (χ1n) is 7.17. The minimum Gasteiger partial charge on any atom is -0.338 e. The van der Waals surface area contributed by atoms with Gasteiger partial charge in [-0.1, -0.05) is 12.8 Å². The second-order valence-electron chi connectivity index (χ2n) is 5.50. The lowest BCUT2D eigenvalue weighted by atomic mass is 9.78. The number of piperidine rings is 1. The van der Waals surface area contributed by atoms with E-state index < -0.39 is 0 Å². The molecule has 2 fully saturated rings. The second-order valence-corrected chi connectivity index (χ2v) is 5.50. The normalized spacial score (nSPS) is 27.9. The van der Waals surface area contributed by atoms with E-state index >= 15 is 0 Å². The Balaban J connectivity index is 1.84. The Hall–Kier alpha value is -1.16. The van der Waals surface area contributed by atoms with Crippen LogP contribution in [-0.4, -0.2) is 22.6 Å². The summed E-state index contributed by atoms with van der Waals surface area (Å²) in [5.41, 5.74) is 6.61. The lowest BCUT2D eigenvalue weighted by Crippen LogP contribution is -2.47. The number of aromatic nitrogens is 2. The van der Waals surface area contributed by atoms with E-state index in [-0.39, 0.29) is 0 Å². The molecule has 0 bridgehead atoms. The van der Waals surface area contributed by atoms with Crippen molar-refractivity contribution in [3.05, 3.63) is 18.0 Å². The summed E-state index contributed by atoms with van der Waals surface area (Å²) in [6, 6.07) is 2.58. The Labute approximate surface area is 109 Å². The van der Waals surface area contributed by atoms with Crippen LogP contribution in [0.2, 0.25) is 0 Å². The molecule has 1 aliphatic heterocycles. The maximum Gasteiger partial charge on any atom is 0.225 e. The number of rotatable bonds is 2. The van der Waals surface area contributed by atoms with Gasteiger partial charge in [-0.15, -0.1) is 0 Å². The molecule has 98 valence electrons. The van der Waals surface area contributed by atoms with E-state index in [0.717, 1.165) is 24.1 Å². The zero-order valence-electron chi connectivity index (χ0n) is 10.9. The van der Waals surface area contributed by atoms with Crippen LogP contribution < -0.4 is 10.6 Å². The molecule has 0 unspecified atom stereocenters. The van der Waals surface area contributed by atoms with Crippen molar-refractivity contribution >= 4 is 5.95 Å². The molecule has 0 aromatic carbocycles. The standard InChI is InChI=1S/C14H22N4/c15-10-12-7-8-16-14(17-12)18-9-3-5-11-4-1-2-6-13(11)18/h7-8,11,13H,1-6,9-10,15H2/t11-,13-/m1/s1. The molecule has 2 N–H and O–H groups in total. The molecule has 1 aromatic heterocycles. The van der Waals surface area contributed by atoms with Crippen LogP contribution >= 0.6 is 0 Å². The number of hydrogen-bond donors (Lipinski definition) is 1. The van der Waals surface area contributed by atoms with E-state index in [1.54, 1.807) is 0 Å². The van der Waals surface area contributed by atoms with Gasteiger partial charge < -0.3 is 10.6 Å². The lowest BCUT2D eigenvalue weighted by Gasteiger charge is -2.44. The number of anilines is 1. The fraction of sp³-hybridized carbons (Fsp3) is 0.714. The molecule has 18 heavy (non-hydrogen) atoms. The molecular formula is C14H22N4. The Kier molecular flexibility index (Phi) is 3.46. The minimum atomic E-state index is 0.497. The van der Waals surface area contributed by atoms with Crippen LogP contribution in [-0.2, 0) is 6.54 Å². The van der Waals surface area contributed by atoms with Crippen molar-refractivity contribution in [2.75, 3.05) is 11.4 Å². The predicted molar refractivity (Wildman–Crippen MR) is 72.2 cm³/mol. The third-order valence-corrected chi connectivity index (χ3v) is 4.41. The van der Waals surface area contributed by atoms with Gasteiger partial charge in [-0.25, -0.2) is 9.97 Å². The molecule has 2 heterocycles.